The lowest BCUT2D eigenvalue weighted by molar-refractivity contribution is -0.385. The molecule has 112 valence electrons. The van der Waals surface area contributed by atoms with Crippen molar-refractivity contribution in [2.75, 3.05) is 13.7 Å². The van der Waals surface area contributed by atoms with Crippen LogP contribution in [0.25, 0.3) is 0 Å². The van der Waals surface area contributed by atoms with Gasteiger partial charge in [0.25, 0.3) is 0 Å². The van der Waals surface area contributed by atoms with E-state index in [1.165, 1.54) is 13.2 Å². The fraction of sp³-hybridized carbons (Fsp3) is 0.571. The van der Waals surface area contributed by atoms with Crippen molar-refractivity contribution in [1.82, 2.24) is 5.32 Å². The van der Waals surface area contributed by atoms with Crippen LogP contribution in [0, 0.1) is 16.0 Å². The first-order valence-electron chi connectivity index (χ1n) is 6.69. The highest BCUT2D eigenvalue weighted by molar-refractivity contribution is 5.48. The molecule has 0 amide bonds. The van der Waals surface area contributed by atoms with Crippen LogP contribution in [-0.2, 0) is 6.54 Å². The van der Waals surface area contributed by atoms with Crippen molar-refractivity contribution in [3.63, 3.8) is 0 Å². The first-order chi connectivity index (χ1) is 9.49. The Bertz CT molecular complexity index is 451. The number of nitro groups is 1. The Balaban J connectivity index is 2.61. The van der Waals surface area contributed by atoms with Gasteiger partial charge in [-0.25, -0.2) is 0 Å². The van der Waals surface area contributed by atoms with E-state index < -0.39 is 11.0 Å². The maximum absolute atomic E-state index is 10.9. The summed E-state index contributed by atoms with van der Waals surface area (Å²) < 4.78 is 4.95. The average Bonchev–Trinajstić information content (AvgIpc) is 2.45. The molecule has 0 aliphatic carbocycles. The van der Waals surface area contributed by atoms with Crippen LogP contribution in [0.3, 0.4) is 0 Å². The standard InChI is InChI=1S/C14H22N2O4/c1-4-10(2)13(17)9-15-8-11-5-6-14(20-3)12(7-11)16(18)19/h5-7,10,13,15,17H,4,8-9H2,1-3H3. The molecular formula is C14H22N2O4. The zero-order valence-corrected chi connectivity index (χ0v) is 12.1. The smallest absolute Gasteiger partial charge is 0.311 e. The van der Waals surface area contributed by atoms with Gasteiger partial charge in [0.2, 0.25) is 0 Å². The number of nitrogens with one attached hydrogen (secondary N) is 1. The van der Waals surface area contributed by atoms with Crippen molar-refractivity contribution < 1.29 is 14.8 Å². The highest BCUT2D eigenvalue weighted by atomic mass is 16.6. The Morgan fingerprint density at radius 3 is 2.75 bits per heavy atom. The number of ether oxygens (including phenoxy) is 1. The molecule has 0 saturated carbocycles. The number of nitrogens with zero attached hydrogens (tertiary/aromatic N) is 1. The topological polar surface area (TPSA) is 84.6 Å². The summed E-state index contributed by atoms with van der Waals surface area (Å²) in [7, 11) is 1.41. The Morgan fingerprint density at radius 1 is 1.50 bits per heavy atom. The first kappa shape index (κ1) is 16.4. The van der Waals surface area contributed by atoms with Gasteiger partial charge in [-0.3, -0.25) is 10.1 Å². The summed E-state index contributed by atoms with van der Waals surface area (Å²) in [5.41, 5.74) is 0.739. The Morgan fingerprint density at radius 2 is 2.20 bits per heavy atom. The van der Waals surface area contributed by atoms with Gasteiger partial charge in [-0.05, 0) is 17.5 Å². The van der Waals surface area contributed by atoms with Crippen LogP contribution in [0.1, 0.15) is 25.8 Å². The molecule has 20 heavy (non-hydrogen) atoms. The van der Waals surface area contributed by atoms with Gasteiger partial charge in [0.15, 0.2) is 5.75 Å². The van der Waals surface area contributed by atoms with E-state index in [-0.39, 0.29) is 17.4 Å². The molecule has 2 atom stereocenters. The number of nitro benzene ring substituents is 1. The highest BCUT2D eigenvalue weighted by Crippen LogP contribution is 2.27. The van der Waals surface area contributed by atoms with Crippen molar-refractivity contribution in [2.24, 2.45) is 5.92 Å². The largest absolute Gasteiger partial charge is 0.490 e. The van der Waals surface area contributed by atoms with Gasteiger partial charge in [-0.1, -0.05) is 26.3 Å². The third kappa shape index (κ3) is 4.47. The van der Waals surface area contributed by atoms with Crippen LogP contribution >= 0.6 is 0 Å². The number of hydrogen-bond donors (Lipinski definition) is 2. The summed E-state index contributed by atoms with van der Waals surface area (Å²) in [5.74, 6) is 0.478. The van der Waals surface area contributed by atoms with Gasteiger partial charge in [0.05, 0.1) is 18.1 Å². The van der Waals surface area contributed by atoms with E-state index in [2.05, 4.69) is 5.32 Å². The SMILES string of the molecule is CCC(C)C(O)CNCc1ccc(OC)c([N+](=O)[O-])c1. The molecule has 1 rings (SSSR count). The van der Waals surface area contributed by atoms with Gasteiger partial charge >= 0.3 is 5.69 Å². The maximum atomic E-state index is 10.9. The fourth-order valence-corrected chi connectivity index (χ4v) is 1.83. The lowest BCUT2D eigenvalue weighted by Gasteiger charge is -2.17. The van der Waals surface area contributed by atoms with Crippen molar-refractivity contribution in [3.8, 4) is 5.75 Å². The van der Waals surface area contributed by atoms with Crippen molar-refractivity contribution >= 4 is 5.69 Å². The van der Waals surface area contributed by atoms with Crippen LogP contribution < -0.4 is 10.1 Å². The number of benzene rings is 1. The van der Waals surface area contributed by atoms with Gasteiger partial charge in [0.1, 0.15) is 0 Å². The fourth-order valence-electron chi connectivity index (χ4n) is 1.83. The normalized spacial score (nSPS) is 13.8. The zero-order chi connectivity index (χ0) is 15.1. The third-order valence-electron chi connectivity index (χ3n) is 3.42. The number of methoxy groups -OCH3 is 1. The monoisotopic (exact) mass is 282 g/mol. The van der Waals surface area contributed by atoms with Crippen LogP contribution in [0.4, 0.5) is 5.69 Å². The first-order valence-corrected chi connectivity index (χ1v) is 6.69. The van der Waals surface area contributed by atoms with E-state index >= 15 is 0 Å². The molecule has 0 saturated heterocycles. The van der Waals surface area contributed by atoms with Crippen molar-refractivity contribution in [3.05, 3.63) is 33.9 Å². The van der Waals surface area contributed by atoms with E-state index in [1.807, 2.05) is 13.8 Å². The molecule has 1 aromatic carbocycles. The van der Waals surface area contributed by atoms with Gasteiger partial charge in [-0.2, -0.15) is 0 Å². The quantitative estimate of drug-likeness (QED) is 0.563. The molecule has 2 N–H and O–H groups in total. The lowest BCUT2D eigenvalue weighted by Crippen LogP contribution is -2.31. The lowest BCUT2D eigenvalue weighted by atomic mass is 10.0. The summed E-state index contributed by atoms with van der Waals surface area (Å²) in [6.45, 7) is 4.96. The summed E-state index contributed by atoms with van der Waals surface area (Å²) in [5, 5.41) is 23.8. The number of aliphatic hydroxyl groups is 1. The summed E-state index contributed by atoms with van der Waals surface area (Å²) in [6, 6.07) is 4.84. The zero-order valence-electron chi connectivity index (χ0n) is 12.1. The van der Waals surface area contributed by atoms with E-state index in [9.17, 15) is 15.2 Å². The maximum Gasteiger partial charge on any atom is 0.311 e. The molecule has 0 radical (unpaired) electrons. The molecule has 0 fully saturated rings. The van der Waals surface area contributed by atoms with Gasteiger partial charge in [0, 0.05) is 19.2 Å². The van der Waals surface area contributed by atoms with E-state index in [0.29, 0.717) is 13.1 Å². The second-order valence-electron chi connectivity index (χ2n) is 4.85. The average molecular weight is 282 g/mol. The second-order valence-corrected chi connectivity index (χ2v) is 4.85. The number of rotatable bonds is 8. The minimum atomic E-state index is -0.462. The highest BCUT2D eigenvalue weighted by Gasteiger charge is 2.15. The summed E-state index contributed by atoms with van der Waals surface area (Å²) in [4.78, 5) is 10.4. The molecule has 1 aromatic rings. The Hall–Kier alpha value is -1.66. The third-order valence-corrected chi connectivity index (χ3v) is 3.42. The van der Waals surface area contributed by atoms with Crippen molar-refractivity contribution in [1.29, 1.82) is 0 Å². The molecule has 2 unspecified atom stereocenters. The van der Waals surface area contributed by atoms with Crippen LogP contribution in [-0.4, -0.2) is 29.8 Å². The predicted molar refractivity (Wildman–Crippen MR) is 76.8 cm³/mol. The molecule has 6 nitrogen and oxygen atoms in total. The minimum Gasteiger partial charge on any atom is -0.490 e. The Kier molecular flexibility index (Phi) is 6.41. The number of aliphatic hydroxyl groups excluding tert-OH is 1. The molecule has 0 heterocycles. The van der Waals surface area contributed by atoms with Crippen LogP contribution in [0.2, 0.25) is 0 Å². The molecule has 0 aromatic heterocycles. The number of hydrogen-bond acceptors (Lipinski definition) is 5. The molecular weight excluding hydrogens is 260 g/mol. The van der Waals surface area contributed by atoms with Crippen molar-refractivity contribution in [2.45, 2.75) is 32.9 Å². The molecule has 0 spiro atoms. The molecule has 0 aliphatic rings. The molecule has 6 heteroatoms. The van der Waals surface area contributed by atoms with Crippen LogP contribution in [0.15, 0.2) is 18.2 Å². The van der Waals surface area contributed by atoms with Gasteiger partial charge < -0.3 is 15.2 Å². The van der Waals surface area contributed by atoms with E-state index in [0.717, 1.165) is 12.0 Å². The molecule has 0 bridgehead atoms. The second kappa shape index (κ2) is 7.81. The van der Waals surface area contributed by atoms with Gasteiger partial charge in [-0.15, -0.1) is 0 Å². The van der Waals surface area contributed by atoms with E-state index in [4.69, 9.17) is 4.74 Å². The molecule has 0 aliphatic heterocycles. The summed E-state index contributed by atoms with van der Waals surface area (Å²) >= 11 is 0. The van der Waals surface area contributed by atoms with Crippen LogP contribution in [0.5, 0.6) is 5.75 Å². The predicted octanol–water partition coefficient (Wildman–Crippen LogP) is 2.10. The summed E-state index contributed by atoms with van der Waals surface area (Å²) in [6.07, 6.45) is 0.505. The minimum absolute atomic E-state index is 0.0470. The Labute approximate surface area is 118 Å². The van der Waals surface area contributed by atoms with E-state index in [1.54, 1.807) is 12.1 Å².